The Morgan fingerprint density at radius 1 is 0.926 bits per heavy atom. The van der Waals surface area contributed by atoms with Crippen LogP contribution in [0.2, 0.25) is 0 Å². The Bertz CT molecular complexity index is 744. The minimum absolute atomic E-state index is 0.0796. The van der Waals surface area contributed by atoms with Crippen LogP contribution in [-0.2, 0) is 9.53 Å². The van der Waals surface area contributed by atoms with Gasteiger partial charge in [0.2, 0.25) is 0 Å². The fourth-order valence-electron chi connectivity index (χ4n) is 2.22. The molecule has 0 spiro atoms. The fraction of sp³-hybridized carbons (Fsp3) is 0.300. The number of methoxy groups -OCH3 is 1. The molecule has 0 bridgehead atoms. The summed E-state index contributed by atoms with van der Waals surface area (Å²) in [5, 5.41) is 2.52. The zero-order chi connectivity index (χ0) is 19.5. The Labute approximate surface area is 158 Å². The summed E-state index contributed by atoms with van der Waals surface area (Å²) < 4.78 is 21.0. The first-order valence-electron chi connectivity index (χ1n) is 8.56. The van der Waals surface area contributed by atoms with Gasteiger partial charge in [0.05, 0.1) is 19.3 Å². The number of esters is 1. The minimum atomic E-state index is -0.546. The average Bonchev–Trinajstić information content (AvgIpc) is 2.70. The Kier molecular flexibility index (Phi) is 7.96. The highest BCUT2D eigenvalue weighted by Gasteiger charge is 2.13. The number of carbonyl (C=O) groups excluding carboxylic acids is 2. The minimum Gasteiger partial charge on any atom is -0.497 e. The van der Waals surface area contributed by atoms with Gasteiger partial charge in [-0.15, -0.1) is 0 Å². The molecule has 7 heteroatoms. The van der Waals surface area contributed by atoms with Crippen LogP contribution in [-0.4, -0.2) is 45.4 Å². The molecule has 2 aromatic rings. The molecule has 144 valence electrons. The monoisotopic (exact) mass is 373 g/mol. The third-order valence-corrected chi connectivity index (χ3v) is 3.50. The van der Waals surface area contributed by atoms with E-state index >= 15 is 0 Å². The smallest absolute Gasteiger partial charge is 0.325 e. The highest BCUT2D eigenvalue weighted by atomic mass is 16.6. The van der Waals surface area contributed by atoms with Crippen LogP contribution in [0.15, 0.2) is 48.5 Å². The van der Waals surface area contributed by atoms with Crippen LogP contribution in [0, 0.1) is 0 Å². The predicted octanol–water partition coefficient (Wildman–Crippen LogP) is 2.45. The largest absolute Gasteiger partial charge is 0.497 e. The van der Waals surface area contributed by atoms with Crippen LogP contribution in [0.4, 0.5) is 0 Å². The quantitative estimate of drug-likeness (QED) is 0.509. The fourth-order valence-corrected chi connectivity index (χ4v) is 2.22. The molecule has 1 amide bonds. The Morgan fingerprint density at radius 3 is 2.33 bits per heavy atom. The molecule has 1 N–H and O–H groups in total. The molecule has 2 rings (SSSR count). The van der Waals surface area contributed by atoms with Crippen molar-refractivity contribution in [3.63, 3.8) is 0 Å². The van der Waals surface area contributed by atoms with Crippen molar-refractivity contribution < 1.29 is 28.5 Å². The van der Waals surface area contributed by atoms with E-state index in [0.717, 1.165) is 5.75 Å². The second-order valence-electron chi connectivity index (χ2n) is 5.36. The average molecular weight is 373 g/mol. The van der Waals surface area contributed by atoms with Crippen molar-refractivity contribution >= 4 is 11.9 Å². The van der Waals surface area contributed by atoms with Gasteiger partial charge in [-0.2, -0.15) is 0 Å². The summed E-state index contributed by atoms with van der Waals surface area (Å²) in [4.78, 5) is 23.9. The lowest BCUT2D eigenvalue weighted by Gasteiger charge is -2.11. The van der Waals surface area contributed by atoms with Gasteiger partial charge in [0.25, 0.3) is 5.91 Å². The van der Waals surface area contributed by atoms with Crippen LogP contribution < -0.4 is 19.5 Å². The normalized spacial score (nSPS) is 10.0. The van der Waals surface area contributed by atoms with E-state index < -0.39 is 11.9 Å². The number of benzene rings is 2. The van der Waals surface area contributed by atoms with Crippen molar-refractivity contribution in [3.05, 3.63) is 54.1 Å². The summed E-state index contributed by atoms with van der Waals surface area (Å²) in [6.45, 7) is 2.33. The van der Waals surface area contributed by atoms with Crippen LogP contribution >= 0.6 is 0 Å². The van der Waals surface area contributed by atoms with Crippen molar-refractivity contribution in [1.82, 2.24) is 5.32 Å². The predicted molar refractivity (Wildman–Crippen MR) is 99.4 cm³/mol. The lowest BCUT2D eigenvalue weighted by atomic mass is 10.2. The van der Waals surface area contributed by atoms with Crippen LogP contribution in [0.5, 0.6) is 17.2 Å². The number of nitrogens with one attached hydrogen (secondary N) is 1. The van der Waals surface area contributed by atoms with E-state index in [1.807, 2.05) is 6.92 Å². The first kappa shape index (κ1) is 20.1. The zero-order valence-corrected chi connectivity index (χ0v) is 15.4. The van der Waals surface area contributed by atoms with E-state index in [2.05, 4.69) is 5.32 Å². The molecule has 0 saturated carbocycles. The number of carbonyl (C=O) groups is 2. The molecule has 0 saturated heterocycles. The third kappa shape index (κ3) is 6.54. The van der Waals surface area contributed by atoms with E-state index in [1.54, 1.807) is 55.6 Å². The molecule has 0 radical (unpaired) electrons. The second-order valence-corrected chi connectivity index (χ2v) is 5.36. The molecular formula is C20H23NO6. The van der Waals surface area contributed by atoms with Gasteiger partial charge >= 0.3 is 5.97 Å². The maximum Gasteiger partial charge on any atom is 0.325 e. The number of para-hydroxylation sites is 1. The number of amides is 1. The van der Waals surface area contributed by atoms with Gasteiger partial charge in [0, 0.05) is 0 Å². The topological polar surface area (TPSA) is 83.1 Å². The highest BCUT2D eigenvalue weighted by molar-refractivity contribution is 5.98. The molecule has 0 heterocycles. The maximum absolute atomic E-state index is 12.2. The Morgan fingerprint density at radius 2 is 1.63 bits per heavy atom. The Hall–Kier alpha value is -3.22. The van der Waals surface area contributed by atoms with E-state index in [0.29, 0.717) is 23.7 Å². The lowest BCUT2D eigenvalue weighted by molar-refractivity contribution is -0.143. The van der Waals surface area contributed by atoms with Gasteiger partial charge in [-0.05, 0) is 43.3 Å². The summed E-state index contributed by atoms with van der Waals surface area (Å²) in [6.07, 6.45) is 0. The molecule has 0 unspecified atom stereocenters. The van der Waals surface area contributed by atoms with Crippen molar-refractivity contribution in [2.75, 3.05) is 33.5 Å². The second kappa shape index (κ2) is 10.7. The standard InChI is InChI=1S/C20H23NO6/c1-3-25-18-7-5-4-6-17(18)20(23)21-14-19(22)27-13-12-26-16-10-8-15(24-2)9-11-16/h4-11H,3,12-14H2,1-2H3,(H,21,23). The summed E-state index contributed by atoms with van der Waals surface area (Å²) in [6, 6.07) is 13.9. The molecule has 2 aromatic carbocycles. The van der Waals surface area contributed by atoms with Gasteiger partial charge in [0.1, 0.15) is 37.0 Å². The molecule has 0 aliphatic carbocycles. The number of hydrogen-bond acceptors (Lipinski definition) is 6. The molecular weight excluding hydrogens is 350 g/mol. The van der Waals surface area contributed by atoms with E-state index in [9.17, 15) is 9.59 Å². The zero-order valence-electron chi connectivity index (χ0n) is 15.4. The van der Waals surface area contributed by atoms with Gasteiger partial charge in [-0.1, -0.05) is 12.1 Å². The number of ether oxygens (including phenoxy) is 4. The highest BCUT2D eigenvalue weighted by Crippen LogP contribution is 2.18. The SMILES string of the molecule is CCOc1ccccc1C(=O)NCC(=O)OCCOc1ccc(OC)cc1. The van der Waals surface area contributed by atoms with Crippen molar-refractivity contribution in [2.45, 2.75) is 6.92 Å². The van der Waals surface area contributed by atoms with Gasteiger partial charge in [0.15, 0.2) is 0 Å². The van der Waals surface area contributed by atoms with E-state index in [1.165, 1.54) is 0 Å². The summed E-state index contributed by atoms with van der Waals surface area (Å²) in [5.41, 5.74) is 0.370. The molecule has 0 aliphatic rings. The van der Waals surface area contributed by atoms with Crippen LogP contribution in [0.25, 0.3) is 0 Å². The van der Waals surface area contributed by atoms with Crippen LogP contribution in [0.1, 0.15) is 17.3 Å². The summed E-state index contributed by atoms with van der Waals surface area (Å²) >= 11 is 0. The molecule has 0 aromatic heterocycles. The maximum atomic E-state index is 12.2. The van der Waals surface area contributed by atoms with Gasteiger partial charge in [-0.3, -0.25) is 9.59 Å². The molecule has 0 fully saturated rings. The molecule has 0 atom stereocenters. The summed E-state index contributed by atoms with van der Waals surface area (Å²) in [7, 11) is 1.59. The van der Waals surface area contributed by atoms with Crippen molar-refractivity contribution in [1.29, 1.82) is 0 Å². The Balaban J connectivity index is 1.69. The first-order valence-corrected chi connectivity index (χ1v) is 8.56. The van der Waals surface area contributed by atoms with E-state index in [4.69, 9.17) is 18.9 Å². The lowest BCUT2D eigenvalue weighted by Crippen LogP contribution is -2.31. The van der Waals surface area contributed by atoms with Crippen LogP contribution in [0.3, 0.4) is 0 Å². The first-order chi connectivity index (χ1) is 13.1. The van der Waals surface area contributed by atoms with Gasteiger partial charge < -0.3 is 24.3 Å². The summed E-state index contributed by atoms with van der Waals surface area (Å²) in [5.74, 6) is 0.905. The molecule has 7 nitrogen and oxygen atoms in total. The third-order valence-electron chi connectivity index (χ3n) is 3.50. The molecule has 27 heavy (non-hydrogen) atoms. The van der Waals surface area contributed by atoms with Crippen molar-refractivity contribution in [3.8, 4) is 17.2 Å². The van der Waals surface area contributed by atoms with Gasteiger partial charge in [-0.25, -0.2) is 0 Å². The van der Waals surface area contributed by atoms with Crippen molar-refractivity contribution in [2.24, 2.45) is 0 Å². The number of rotatable bonds is 10. The van der Waals surface area contributed by atoms with E-state index in [-0.39, 0.29) is 19.8 Å². The molecule has 0 aliphatic heterocycles. The number of hydrogen-bond donors (Lipinski definition) is 1.